The zero-order chi connectivity index (χ0) is 15.0. The van der Waals surface area contributed by atoms with Crippen LogP contribution in [0, 0.1) is 0 Å². The van der Waals surface area contributed by atoms with Crippen LogP contribution in [0.15, 0.2) is 23.1 Å². The van der Waals surface area contributed by atoms with E-state index < -0.39 is 10.0 Å². The molecule has 0 bridgehead atoms. The molecule has 1 aromatic carbocycles. The fourth-order valence-electron chi connectivity index (χ4n) is 1.69. The highest BCUT2D eigenvalue weighted by molar-refractivity contribution is 7.89. The zero-order valence-corrected chi connectivity index (χ0v) is 12.6. The Balaban J connectivity index is 2.45. The molecule has 0 heterocycles. The highest BCUT2D eigenvalue weighted by Crippen LogP contribution is 2.25. The topological polar surface area (TPSA) is 107 Å². The first-order valence-corrected chi connectivity index (χ1v) is 8.24. The number of ether oxygens (including phenoxy) is 1. The van der Waals surface area contributed by atoms with E-state index in [4.69, 9.17) is 15.6 Å². The van der Waals surface area contributed by atoms with Gasteiger partial charge in [-0.3, -0.25) is 0 Å². The molecule has 0 aromatic heterocycles. The largest absolute Gasteiger partial charge is 0.396 e. The molecule has 0 aliphatic heterocycles. The van der Waals surface area contributed by atoms with Crippen molar-refractivity contribution >= 4 is 21.4 Å². The summed E-state index contributed by atoms with van der Waals surface area (Å²) >= 11 is 0. The highest BCUT2D eigenvalue weighted by Gasteiger charge is 2.14. The van der Waals surface area contributed by atoms with E-state index in [-0.39, 0.29) is 10.6 Å². The molecule has 114 valence electrons. The molecule has 1 aromatic rings. The highest BCUT2D eigenvalue weighted by atomic mass is 32.2. The number of nitrogen functional groups attached to an aromatic ring is 1. The van der Waals surface area contributed by atoms with Gasteiger partial charge in [-0.1, -0.05) is 19.4 Å². The van der Waals surface area contributed by atoms with Crippen LogP contribution >= 0.6 is 0 Å². The third kappa shape index (κ3) is 5.36. The van der Waals surface area contributed by atoms with Gasteiger partial charge in [0, 0.05) is 19.8 Å². The summed E-state index contributed by atoms with van der Waals surface area (Å²) in [6, 6.07) is 4.72. The molecule has 0 aliphatic carbocycles. The van der Waals surface area contributed by atoms with Crippen LogP contribution in [0.1, 0.15) is 26.2 Å². The minimum Gasteiger partial charge on any atom is -0.396 e. The summed E-state index contributed by atoms with van der Waals surface area (Å²) in [5.74, 6) is 0. The smallest absolute Gasteiger partial charge is 0.240 e. The molecule has 0 fully saturated rings. The van der Waals surface area contributed by atoms with E-state index >= 15 is 0 Å². The molecular formula is C13H23N3O3S. The number of hydrogen-bond donors (Lipinski definition) is 3. The average Bonchev–Trinajstić information content (AvgIpc) is 2.38. The summed E-state index contributed by atoms with van der Waals surface area (Å²) in [6.07, 6.45) is 3.01. The maximum Gasteiger partial charge on any atom is 0.240 e. The van der Waals surface area contributed by atoms with Gasteiger partial charge in [0.05, 0.1) is 11.4 Å². The molecule has 0 atom stereocenters. The van der Waals surface area contributed by atoms with E-state index in [2.05, 4.69) is 12.2 Å². The number of benzene rings is 1. The summed E-state index contributed by atoms with van der Waals surface area (Å²) in [5.41, 5.74) is 6.53. The zero-order valence-electron chi connectivity index (χ0n) is 11.8. The van der Waals surface area contributed by atoms with Crippen LogP contribution in [-0.2, 0) is 14.8 Å². The first kappa shape index (κ1) is 16.7. The maximum absolute atomic E-state index is 11.3. The molecule has 0 spiro atoms. The van der Waals surface area contributed by atoms with Gasteiger partial charge in [-0.05, 0) is 25.0 Å². The van der Waals surface area contributed by atoms with Crippen LogP contribution in [0.5, 0.6) is 0 Å². The van der Waals surface area contributed by atoms with Crippen LogP contribution < -0.4 is 16.2 Å². The molecule has 0 saturated heterocycles. The molecule has 0 saturated carbocycles. The van der Waals surface area contributed by atoms with Crippen molar-refractivity contribution in [2.45, 2.75) is 31.1 Å². The minimum absolute atomic E-state index is 0.0540. The number of unbranched alkanes of at least 4 members (excludes halogenated alkanes) is 1. The summed E-state index contributed by atoms with van der Waals surface area (Å²) in [7, 11) is -3.79. The SMILES string of the molecule is CCCCOCCCNc1cccc(S(N)(=O)=O)c1N. The van der Waals surface area contributed by atoms with Crippen LogP contribution in [0.4, 0.5) is 11.4 Å². The lowest BCUT2D eigenvalue weighted by Crippen LogP contribution is -2.16. The van der Waals surface area contributed by atoms with Crippen molar-refractivity contribution in [1.29, 1.82) is 0 Å². The quantitative estimate of drug-likeness (QED) is 0.473. The number of nitrogens with one attached hydrogen (secondary N) is 1. The fraction of sp³-hybridized carbons (Fsp3) is 0.538. The van der Waals surface area contributed by atoms with Gasteiger partial charge in [-0.15, -0.1) is 0 Å². The molecule has 20 heavy (non-hydrogen) atoms. The van der Waals surface area contributed by atoms with E-state index in [0.29, 0.717) is 18.8 Å². The second-order valence-electron chi connectivity index (χ2n) is 4.51. The normalized spacial score (nSPS) is 11.5. The lowest BCUT2D eigenvalue weighted by molar-refractivity contribution is 0.131. The third-order valence-corrected chi connectivity index (χ3v) is 3.76. The summed E-state index contributed by atoms with van der Waals surface area (Å²) in [4.78, 5) is -0.0540. The Kier molecular flexibility index (Phi) is 6.77. The van der Waals surface area contributed by atoms with Crippen LogP contribution in [-0.4, -0.2) is 28.2 Å². The number of hydrogen-bond acceptors (Lipinski definition) is 5. The minimum atomic E-state index is -3.79. The summed E-state index contributed by atoms with van der Waals surface area (Å²) < 4.78 is 28.1. The van der Waals surface area contributed by atoms with Gasteiger partial charge in [-0.25, -0.2) is 13.6 Å². The number of para-hydroxylation sites is 1. The lowest BCUT2D eigenvalue weighted by Gasteiger charge is -2.12. The number of primary sulfonamides is 1. The van der Waals surface area contributed by atoms with Crippen molar-refractivity contribution in [2.24, 2.45) is 5.14 Å². The van der Waals surface area contributed by atoms with E-state index in [1.165, 1.54) is 6.07 Å². The van der Waals surface area contributed by atoms with Gasteiger partial charge in [0.1, 0.15) is 4.90 Å². The van der Waals surface area contributed by atoms with Gasteiger partial charge < -0.3 is 15.8 Å². The van der Waals surface area contributed by atoms with Gasteiger partial charge in [0.25, 0.3) is 0 Å². The summed E-state index contributed by atoms with van der Waals surface area (Å²) in [6.45, 7) is 4.22. The van der Waals surface area contributed by atoms with Crippen LogP contribution in [0.3, 0.4) is 0 Å². The van der Waals surface area contributed by atoms with Gasteiger partial charge in [0.15, 0.2) is 0 Å². The monoisotopic (exact) mass is 301 g/mol. The lowest BCUT2D eigenvalue weighted by atomic mass is 10.2. The second kappa shape index (κ2) is 8.08. The van der Waals surface area contributed by atoms with Crippen molar-refractivity contribution in [3.63, 3.8) is 0 Å². The Morgan fingerprint density at radius 1 is 1.25 bits per heavy atom. The van der Waals surface area contributed by atoms with Gasteiger partial charge in [-0.2, -0.15) is 0 Å². The Morgan fingerprint density at radius 3 is 2.60 bits per heavy atom. The molecule has 0 amide bonds. The number of rotatable bonds is 9. The standard InChI is InChI=1S/C13H23N3O3S/c1-2-3-9-19-10-5-8-16-11-6-4-7-12(13(11)14)20(15,17)18/h4,6-7,16H,2-3,5,8-10,14H2,1H3,(H2,15,17,18). The molecule has 0 unspecified atom stereocenters. The van der Waals surface area contributed by atoms with E-state index in [1.807, 2.05) is 0 Å². The number of sulfonamides is 1. The molecular weight excluding hydrogens is 278 g/mol. The predicted octanol–water partition coefficient (Wildman–Crippen LogP) is 1.53. The average molecular weight is 301 g/mol. The molecule has 0 aliphatic rings. The Hall–Kier alpha value is -1.31. The predicted molar refractivity (Wildman–Crippen MR) is 81.1 cm³/mol. The van der Waals surface area contributed by atoms with Crippen molar-refractivity contribution in [3.05, 3.63) is 18.2 Å². The first-order chi connectivity index (χ1) is 9.46. The Morgan fingerprint density at radius 2 is 1.95 bits per heavy atom. The summed E-state index contributed by atoms with van der Waals surface area (Å²) in [5, 5.41) is 8.19. The second-order valence-corrected chi connectivity index (χ2v) is 6.04. The Bertz CT molecular complexity index is 518. The molecule has 6 nitrogen and oxygen atoms in total. The van der Waals surface area contributed by atoms with Gasteiger partial charge in [0.2, 0.25) is 10.0 Å². The molecule has 1 rings (SSSR count). The molecule has 7 heteroatoms. The molecule has 0 radical (unpaired) electrons. The first-order valence-electron chi connectivity index (χ1n) is 6.69. The van der Waals surface area contributed by atoms with Crippen LogP contribution in [0.2, 0.25) is 0 Å². The van der Waals surface area contributed by atoms with Crippen LogP contribution in [0.25, 0.3) is 0 Å². The van der Waals surface area contributed by atoms with Crippen molar-refractivity contribution in [1.82, 2.24) is 0 Å². The van der Waals surface area contributed by atoms with E-state index in [1.54, 1.807) is 12.1 Å². The number of anilines is 2. The fourth-order valence-corrected chi connectivity index (χ4v) is 2.38. The van der Waals surface area contributed by atoms with E-state index in [0.717, 1.165) is 25.9 Å². The Labute approximate surface area is 120 Å². The molecule has 5 N–H and O–H groups in total. The third-order valence-electron chi connectivity index (χ3n) is 2.80. The van der Waals surface area contributed by atoms with Gasteiger partial charge >= 0.3 is 0 Å². The van der Waals surface area contributed by atoms with E-state index in [9.17, 15) is 8.42 Å². The van der Waals surface area contributed by atoms with Crippen molar-refractivity contribution in [3.8, 4) is 0 Å². The number of nitrogens with two attached hydrogens (primary N) is 2. The maximum atomic E-state index is 11.3. The van der Waals surface area contributed by atoms with Crippen molar-refractivity contribution < 1.29 is 13.2 Å². The van der Waals surface area contributed by atoms with Crippen molar-refractivity contribution in [2.75, 3.05) is 30.8 Å².